The Hall–Kier alpha value is -2.95. The third-order valence-electron chi connectivity index (χ3n) is 5.26. The van der Waals surface area contributed by atoms with Crippen LogP contribution in [0.2, 0.25) is 0 Å². The van der Waals surface area contributed by atoms with Crippen LogP contribution in [0, 0.1) is 0 Å². The molecule has 138 valence electrons. The molecule has 2 heterocycles. The number of rotatable bonds is 3. The number of nitrogens with zero attached hydrogens (tertiary/aromatic N) is 4. The van der Waals surface area contributed by atoms with Crippen LogP contribution in [0.15, 0.2) is 60.7 Å². The van der Waals surface area contributed by atoms with Crippen LogP contribution < -0.4 is 0 Å². The van der Waals surface area contributed by atoms with E-state index < -0.39 is 0 Å². The minimum atomic E-state index is -0.0819. The first-order valence-corrected chi connectivity index (χ1v) is 9.55. The van der Waals surface area contributed by atoms with E-state index in [1.807, 2.05) is 65.6 Å². The summed E-state index contributed by atoms with van der Waals surface area (Å²) >= 11 is 0. The van der Waals surface area contributed by atoms with Crippen LogP contribution >= 0.6 is 0 Å². The van der Waals surface area contributed by atoms with Gasteiger partial charge in [-0.25, -0.2) is 9.67 Å². The number of piperidine rings is 1. The number of hydrogen-bond acceptors (Lipinski definition) is 3. The van der Waals surface area contributed by atoms with Crippen molar-refractivity contribution in [1.82, 2.24) is 19.7 Å². The first kappa shape index (κ1) is 17.5. The summed E-state index contributed by atoms with van der Waals surface area (Å²) in [5.41, 5.74) is 1.83. The number of benzene rings is 2. The molecule has 27 heavy (non-hydrogen) atoms. The lowest BCUT2D eigenvalue weighted by Gasteiger charge is -2.38. The van der Waals surface area contributed by atoms with Crippen molar-refractivity contribution in [2.75, 3.05) is 0 Å². The van der Waals surface area contributed by atoms with Gasteiger partial charge in [-0.2, -0.15) is 0 Å². The number of hydrogen-bond donors (Lipinski definition) is 0. The third-order valence-corrected chi connectivity index (χ3v) is 5.26. The van der Waals surface area contributed by atoms with E-state index in [1.54, 1.807) is 4.68 Å². The highest BCUT2D eigenvalue weighted by Gasteiger charge is 2.32. The van der Waals surface area contributed by atoms with Gasteiger partial charge < -0.3 is 4.90 Å². The lowest BCUT2D eigenvalue weighted by atomic mass is 9.97. The summed E-state index contributed by atoms with van der Waals surface area (Å²) in [4.78, 5) is 19.8. The van der Waals surface area contributed by atoms with Crippen LogP contribution in [0.25, 0.3) is 17.1 Å². The number of amides is 1. The van der Waals surface area contributed by atoms with Gasteiger partial charge in [-0.1, -0.05) is 48.5 Å². The molecule has 1 aliphatic rings. The summed E-state index contributed by atoms with van der Waals surface area (Å²) in [7, 11) is 0. The van der Waals surface area contributed by atoms with Gasteiger partial charge in [-0.3, -0.25) is 4.79 Å². The molecule has 2 unspecified atom stereocenters. The monoisotopic (exact) mass is 360 g/mol. The number of carbonyl (C=O) groups is 1. The normalized spacial score (nSPS) is 19.9. The number of carbonyl (C=O) groups excluding carboxylic acids is 1. The second-order valence-corrected chi connectivity index (χ2v) is 7.21. The molecule has 1 amide bonds. The highest BCUT2D eigenvalue weighted by atomic mass is 16.2. The molecule has 1 aliphatic heterocycles. The van der Waals surface area contributed by atoms with Crippen molar-refractivity contribution in [3.63, 3.8) is 0 Å². The molecular formula is C22H24N4O. The maximum Gasteiger partial charge on any atom is 0.294 e. The summed E-state index contributed by atoms with van der Waals surface area (Å²) in [6.45, 7) is 4.22. The molecule has 0 N–H and O–H groups in total. The fourth-order valence-corrected chi connectivity index (χ4v) is 3.86. The van der Waals surface area contributed by atoms with Gasteiger partial charge >= 0.3 is 0 Å². The van der Waals surface area contributed by atoms with Gasteiger partial charge in [0, 0.05) is 17.6 Å². The second-order valence-electron chi connectivity index (χ2n) is 7.21. The summed E-state index contributed by atoms with van der Waals surface area (Å²) < 4.78 is 1.77. The average molecular weight is 360 g/mol. The summed E-state index contributed by atoms with van der Waals surface area (Å²) in [5.74, 6) is 0.863. The van der Waals surface area contributed by atoms with Crippen LogP contribution in [0.1, 0.15) is 43.7 Å². The van der Waals surface area contributed by atoms with E-state index in [4.69, 9.17) is 0 Å². The lowest BCUT2D eigenvalue weighted by Crippen LogP contribution is -2.47. The Morgan fingerprint density at radius 2 is 1.52 bits per heavy atom. The van der Waals surface area contributed by atoms with Gasteiger partial charge in [0.05, 0.1) is 5.69 Å². The molecule has 0 aliphatic carbocycles. The number of likely N-dealkylation sites (tertiary alicyclic amines) is 1. The lowest BCUT2D eigenvalue weighted by molar-refractivity contribution is 0.0498. The van der Waals surface area contributed by atoms with Crippen LogP contribution in [-0.4, -0.2) is 37.7 Å². The summed E-state index contributed by atoms with van der Waals surface area (Å²) in [6.07, 6.45) is 3.22. The van der Waals surface area contributed by atoms with Gasteiger partial charge in [0.25, 0.3) is 5.91 Å². The molecule has 0 saturated carbocycles. The Bertz CT molecular complexity index is 853. The molecule has 0 bridgehead atoms. The molecule has 1 aromatic heterocycles. The van der Waals surface area contributed by atoms with Crippen LogP contribution in [0.4, 0.5) is 0 Å². The maximum atomic E-state index is 13.2. The molecule has 1 fully saturated rings. The Morgan fingerprint density at radius 3 is 2.15 bits per heavy atom. The quantitative estimate of drug-likeness (QED) is 0.698. The predicted molar refractivity (Wildman–Crippen MR) is 106 cm³/mol. The van der Waals surface area contributed by atoms with E-state index in [2.05, 4.69) is 23.9 Å². The second kappa shape index (κ2) is 7.35. The zero-order chi connectivity index (χ0) is 18.8. The van der Waals surface area contributed by atoms with Crippen molar-refractivity contribution in [3.05, 3.63) is 66.5 Å². The van der Waals surface area contributed by atoms with E-state index in [1.165, 1.54) is 0 Å². The third kappa shape index (κ3) is 3.37. The fraction of sp³-hybridized carbons (Fsp3) is 0.318. The Morgan fingerprint density at radius 1 is 0.926 bits per heavy atom. The zero-order valence-corrected chi connectivity index (χ0v) is 15.7. The Balaban J connectivity index is 1.79. The minimum Gasteiger partial charge on any atom is -0.330 e. The molecule has 5 heteroatoms. The maximum absolute atomic E-state index is 13.2. The SMILES string of the molecule is CC1CCCC(C)N1C(=O)c1nc(-c2ccccc2)n(-c2ccccc2)n1. The molecule has 4 rings (SSSR count). The van der Waals surface area contributed by atoms with E-state index in [-0.39, 0.29) is 23.8 Å². The van der Waals surface area contributed by atoms with Crippen molar-refractivity contribution < 1.29 is 4.79 Å². The van der Waals surface area contributed by atoms with Crippen LogP contribution in [0.3, 0.4) is 0 Å². The van der Waals surface area contributed by atoms with Gasteiger partial charge in [-0.15, -0.1) is 5.10 Å². The van der Waals surface area contributed by atoms with Crippen molar-refractivity contribution in [2.24, 2.45) is 0 Å². The predicted octanol–water partition coefficient (Wildman–Crippen LogP) is 4.34. The van der Waals surface area contributed by atoms with Crippen molar-refractivity contribution in [1.29, 1.82) is 0 Å². The number of para-hydroxylation sites is 1. The highest BCUT2D eigenvalue weighted by Crippen LogP contribution is 2.26. The minimum absolute atomic E-state index is 0.0819. The van der Waals surface area contributed by atoms with Crippen molar-refractivity contribution in [3.8, 4) is 17.1 Å². The van der Waals surface area contributed by atoms with E-state index in [0.717, 1.165) is 30.5 Å². The first-order valence-electron chi connectivity index (χ1n) is 9.55. The van der Waals surface area contributed by atoms with E-state index in [0.29, 0.717) is 5.82 Å². The largest absolute Gasteiger partial charge is 0.330 e. The van der Waals surface area contributed by atoms with E-state index in [9.17, 15) is 4.79 Å². The molecule has 0 spiro atoms. The van der Waals surface area contributed by atoms with E-state index >= 15 is 0 Å². The summed E-state index contributed by atoms with van der Waals surface area (Å²) in [6, 6.07) is 20.1. The molecule has 0 radical (unpaired) electrons. The standard InChI is InChI=1S/C22H24N4O/c1-16-10-9-11-17(2)25(16)22(27)20-23-21(18-12-5-3-6-13-18)26(24-20)19-14-7-4-8-15-19/h3-8,12-17H,9-11H2,1-2H3. The van der Waals surface area contributed by atoms with Gasteiger partial charge in [0.2, 0.25) is 5.82 Å². The van der Waals surface area contributed by atoms with Crippen molar-refractivity contribution >= 4 is 5.91 Å². The van der Waals surface area contributed by atoms with Crippen molar-refractivity contribution in [2.45, 2.75) is 45.2 Å². The molecule has 5 nitrogen and oxygen atoms in total. The molecule has 1 saturated heterocycles. The highest BCUT2D eigenvalue weighted by molar-refractivity contribution is 5.91. The smallest absolute Gasteiger partial charge is 0.294 e. The Kier molecular flexibility index (Phi) is 4.75. The topological polar surface area (TPSA) is 51.0 Å². The fourth-order valence-electron chi connectivity index (χ4n) is 3.86. The zero-order valence-electron chi connectivity index (χ0n) is 15.7. The van der Waals surface area contributed by atoms with Gasteiger partial charge in [0.1, 0.15) is 0 Å². The molecule has 3 aromatic rings. The first-order chi connectivity index (χ1) is 13.1. The number of aromatic nitrogens is 3. The molecule has 2 atom stereocenters. The molecular weight excluding hydrogens is 336 g/mol. The molecule has 2 aromatic carbocycles. The van der Waals surface area contributed by atoms with Crippen LogP contribution in [-0.2, 0) is 0 Å². The van der Waals surface area contributed by atoms with Gasteiger partial charge in [-0.05, 0) is 45.2 Å². The van der Waals surface area contributed by atoms with Gasteiger partial charge in [0.15, 0.2) is 5.82 Å². The summed E-state index contributed by atoms with van der Waals surface area (Å²) in [5, 5.41) is 4.62. The average Bonchev–Trinajstić information content (AvgIpc) is 3.15. The van der Waals surface area contributed by atoms with Crippen LogP contribution in [0.5, 0.6) is 0 Å². The Labute approximate surface area is 159 Å².